The smallest absolute Gasteiger partial charge is 0.343 e. The number of primary amides is 1. The highest BCUT2D eigenvalue weighted by Crippen LogP contribution is 2.26. The van der Waals surface area contributed by atoms with Crippen LogP contribution in [0.2, 0.25) is 10.0 Å². The van der Waals surface area contributed by atoms with Gasteiger partial charge in [0.2, 0.25) is 0 Å². The number of hydrogen-bond donors (Lipinski definition) is 2. The minimum absolute atomic E-state index is 0.168. The zero-order valence-electron chi connectivity index (χ0n) is 6.37. The summed E-state index contributed by atoms with van der Waals surface area (Å²) in [5.41, 5.74) is 4.99. The highest BCUT2D eigenvalue weighted by molar-refractivity contribution is 6.42. The number of nitrogens with two attached hydrogens (primary N) is 1. The molecule has 0 bridgehead atoms. The van der Waals surface area contributed by atoms with Crippen LogP contribution in [0.4, 0.5) is 10.5 Å². The van der Waals surface area contributed by atoms with Crippen molar-refractivity contribution in [1.82, 2.24) is 0 Å². The van der Waals surface area contributed by atoms with E-state index in [1.807, 2.05) is 0 Å². The lowest BCUT2D eigenvalue weighted by molar-refractivity contribution is 0.212. The van der Waals surface area contributed by atoms with Crippen LogP contribution in [0.25, 0.3) is 0 Å². The fraction of sp³-hybridized carbons (Fsp3) is 0. The van der Waals surface area contributed by atoms with Crippen LogP contribution >= 0.6 is 23.2 Å². The van der Waals surface area contributed by atoms with E-state index in [4.69, 9.17) is 34.1 Å². The molecule has 0 spiro atoms. The van der Waals surface area contributed by atoms with Crippen LogP contribution in [0, 0.1) is 0 Å². The second kappa shape index (κ2) is 3.83. The summed E-state index contributed by atoms with van der Waals surface area (Å²) in [7, 11) is 0. The summed E-state index contributed by atoms with van der Waals surface area (Å²) < 4.78 is 0. The number of nitrogens with zero attached hydrogens (tertiary/aromatic N) is 1. The Kier molecular flexibility index (Phi) is 2.98. The summed E-state index contributed by atoms with van der Waals surface area (Å²) in [5, 5.41) is 9.92. The van der Waals surface area contributed by atoms with Gasteiger partial charge in [0.25, 0.3) is 0 Å². The third kappa shape index (κ3) is 2.24. The molecule has 1 rings (SSSR count). The highest BCUT2D eigenvalue weighted by Gasteiger charge is 2.09. The van der Waals surface area contributed by atoms with E-state index >= 15 is 0 Å². The normalized spacial score (nSPS) is 9.77. The van der Waals surface area contributed by atoms with Crippen molar-refractivity contribution in [3.05, 3.63) is 28.2 Å². The Labute approximate surface area is 84.4 Å². The number of hydrogen-bond acceptors (Lipinski definition) is 2. The molecule has 0 aromatic heterocycles. The summed E-state index contributed by atoms with van der Waals surface area (Å²) in [6, 6.07) is 3.21. The number of amides is 2. The summed E-state index contributed by atoms with van der Waals surface area (Å²) in [4.78, 5) is 10.5. The number of halogens is 2. The van der Waals surface area contributed by atoms with E-state index in [2.05, 4.69) is 0 Å². The first-order chi connectivity index (χ1) is 6.02. The molecule has 0 saturated carbocycles. The molecule has 2 amide bonds. The monoisotopic (exact) mass is 220 g/mol. The summed E-state index contributed by atoms with van der Waals surface area (Å²) in [6.07, 6.45) is 0. The lowest BCUT2D eigenvalue weighted by atomic mass is 10.3. The molecule has 0 aliphatic heterocycles. The highest BCUT2D eigenvalue weighted by atomic mass is 35.5. The van der Waals surface area contributed by atoms with E-state index < -0.39 is 6.03 Å². The van der Waals surface area contributed by atoms with Gasteiger partial charge in [0, 0.05) is 0 Å². The van der Waals surface area contributed by atoms with Crippen LogP contribution in [0.5, 0.6) is 0 Å². The van der Waals surface area contributed by atoms with Gasteiger partial charge in [-0.1, -0.05) is 23.2 Å². The number of hydroxylamine groups is 1. The van der Waals surface area contributed by atoms with Gasteiger partial charge in [0.05, 0.1) is 15.7 Å². The Morgan fingerprint density at radius 1 is 1.38 bits per heavy atom. The van der Waals surface area contributed by atoms with E-state index in [1.54, 1.807) is 0 Å². The van der Waals surface area contributed by atoms with Gasteiger partial charge in [-0.2, -0.15) is 5.06 Å². The van der Waals surface area contributed by atoms with Crippen molar-refractivity contribution in [1.29, 1.82) is 0 Å². The minimum atomic E-state index is -0.988. The molecule has 6 heteroatoms. The topological polar surface area (TPSA) is 66.6 Å². The van der Waals surface area contributed by atoms with E-state index in [0.29, 0.717) is 5.02 Å². The van der Waals surface area contributed by atoms with Gasteiger partial charge in [-0.15, -0.1) is 0 Å². The molecule has 1 aromatic rings. The van der Waals surface area contributed by atoms with E-state index in [-0.39, 0.29) is 15.8 Å². The minimum Gasteiger partial charge on any atom is -0.349 e. The number of benzene rings is 1. The van der Waals surface area contributed by atoms with Gasteiger partial charge in [-0.05, 0) is 18.2 Å². The van der Waals surface area contributed by atoms with Crippen LogP contribution in [0.3, 0.4) is 0 Å². The molecule has 0 heterocycles. The van der Waals surface area contributed by atoms with Crippen molar-refractivity contribution in [2.75, 3.05) is 5.06 Å². The second-order valence-electron chi connectivity index (χ2n) is 2.25. The molecular formula is C7H6Cl2N2O2. The fourth-order valence-electron chi connectivity index (χ4n) is 0.744. The molecule has 0 aliphatic carbocycles. The maximum absolute atomic E-state index is 10.5. The molecular weight excluding hydrogens is 215 g/mol. The molecule has 4 nitrogen and oxygen atoms in total. The van der Waals surface area contributed by atoms with Crippen LogP contribution in [-0.2, 0) is 0 Å². The first kappa shape index (κ1) is 10.1. The Morgan fingerprint density at radius 3 is 2.46 bits per heavy atom. The van der Waals surface area contributed by atoms with Crippen LogP contribution in [0.1, 0.15) is 0 Å². The number of urea groups is 1. The van der Waals surface area contributed by atoms with Crippen LogP contribution in [0.15, 0.2) is 18.2 Å². The van der Waals surface area contributed by atoms with Gasteiger partial charge in [-0.25, -0.2) is 4.79 Å². The van der Waals surface area contributed by atoms with Crippen molar-refractivity contribution >= 4 is 34.9 Å². The number of anilines is 1. The predicted octanol–water partition coefficient (Wildman–Crippen LogP) is 2.27. The SMILES string of the molecule is NC(=O)N(O)c1ccc(Cl)c(Cl)c1. The van der Waals surface area contributed by atoms with Gasteiger partial charge in [0.15, 0.2) is 0 Å². The number of rotatable bonds is 1. The zero-order valence-corrected chi connectivity index (χ0v) is 7.88. The van der Waals surface area contributed by atoms with Crippen LogP contribution in [-0.4, -0.2) is 11.2 Å². The molecule has 3 N–H and O–H groups in total. The molecule has 13 heavy (non-hydrogen) atoms. The zero-order chi connectivity index (χ0) is 10.0. The first-order valence-corrected chi connectivity index (χ1v) is 4.01. The molecule has 70 valence electrons. The average molecular weight is 221 g/mol. The number of carbonyl (C=O) groups excluding carboxylic acids is 1. The second-order valence-corrected chi connectivity index (χ2v) is 3.06. The molecule has 0 aliphatic rings. The van der Waals surface area contributed by atoms with E-state index in [1.165, 1.54) is 18.2 Å². The van der Waals surface area contributed by atoms with Gasteiger partial charge < -0.3 is 5.73 Å². The largest absolute Gasteiger partial charge is 0.349 e. The van der Waals surface area contributed by atoms with Crippen molar-refractivity contribution in [3.63, 3.8) is 0 Å². The third-order valence-electron chi connectivity index (χ3n) is 1.36. The lowest BCUT2D eigenvalue weighted by Gasteiger charge is -2.11. The Bertz CT molecular complexity index is 343. The summed E-state index contributed by atoms with van der Waals surface area (Å²) in [6.45, 7) is 0. The maximum Gasteiger partial charge on any atom is 0.343 e. The molecule has 1 aromatic carbocycles. The Hall–Kier alpha value is -0.970. The number of carbonyl (C=O) groups is 1. The molecule has 0 radical (unpaired) electrons. The molecule has 0 saturated heterocycles. The van der Waals surface area contributed by atoms with Crippen LogP contribution < -0.4 is 10.8 Å². The third-order valence-corrected chi connectivity index (χ3v) is 2.10. The fourth-order valence-corrected chi connectivity index (χ4v) is 1.04. The quantitative estimate of drug-likeness (QED) is 0.564. The summed E-state index contributed by atoms with van der Waals surface area (Å²) in [5.74, 6) is 0. The van der Waals surface area contributed by atoms with Crippen molar-refractivity contribution < 1.29 is 10.0 Å². The maximum atomic E-state index is 10.5. The molecule has 0 atom stereocenters. The van der Waals surface area contributed by atoms with E-state index in [9.17, 15) is 4.79 Å². The van der Waals surface area contributed by atoms with Crippen molar-refractivity contribution in [2.24, 2.45) is 5.73 Å². The molecule has 0 fully saturated rings. The predicted molar refractivity (Wildman–Crippen MR) is 50.3 cm³/mol. The molecule has 0 unspecified atom stereocenters. The van der Waals surface area contributed by atoms with E-state index in [0.717, 1.165) is 0 Å². The van der Waals surface area contributed by atoms with Gasteiger partial charge in [0.1, 0.15) is 0 Å². The summed E-state index contributed by atoms with van der Waals surface area (Å²) >= 11 is 11.3. The lowest BCUT2D eigenvalue weighted by Crippen LogP contribution is -2.32. The van der Waals surface area contributed by atoms with Gasteiger partial charge in [-0.3, -0.25) is 5.21 Å². The average Bonchev–Trinajstić information content (AvgIpc) is 2.08. The first-order valence-electron chi connectivity index (χ1n) is 3.26. The Balaban J connectivity index is 3.03. The van der Waals surface area contributed by atoms with Crippen molar-refractivity contribution in [2.45, 2.75) is 0 Å². The standard InChI is InChI=1S/C7H6Cl2N2O2/c8-5-2-1-4(3-6(5)9)11(13)7(10)12/h1-3,13H,(H2,10,12). The Morgan fingerprint density at radius 2 is 2.00 bits per heavy atom. The van der Waals surface area contributed by atoms with Crippen molar-refractivity contribution in [3.8, 4) is 0 Å². The van der Waals surface area contributed by atoms with Gasteiger partial charge >= 0.3 is 6.03 Å².